The van der Waals surface area contributed by atoms with E-state index in [-0.39, 0.29) is 28.1 Å². The summed E-state index contributed by atoms with van der Waals surface area (Å²) in [6, 6.07) is 10.2. The summed E-state index contributed by atoms with van der Waals surface area (Å²) in [6.45, 7) is 3.04. The van der Waals surface area contributed by atoms with Crippen molar-refractivity contribution in [2.75, 3.05) is 12.4 Å². The molecule has 0 aliphatic rings. The molecule has 0 aliphatic carbocycles. The molecule has 0 bridgehead atoms. The molecule has 10 heteroatoms. The summed E-state index contributed by atoms with van der Waals surface area (Å²) in [6.07, 6.45) is -1.05. The molecule has 7 nitrogen and oxygen atoms in total. The first-order chi connectivity index (χ1) is 15.4. The first kappa shape index (κ1) is 24.1. The molecule has 0 atom stereocenters. The van der Waals surface area contributed by atoms with Gasteiger partial charge in [-0.05, 0) is 55.3 Å². The van der Waals surface area contributed by atoms with Crippen LogP contribution in [0.4, 0.5) is 24.3 Å². The minimum Gasteiger partial charge on any atom is -0.465 e. The number of carbonyl (C=O) groups excluding carboxylic acids is 1. The second-order valence-electron chi connectivity index (χ2n) is 8.05. The fourth-order valence-electron chi connectivity index (χ4n) is 3.12. The van der Waals surface area contributed by atoms with E-state index in [1.54, 1.807) is 24.3 Å². The van der Waals surface area contributed by atoms with Gasteiger partial charge < -0.3 is 26.2 Å². The lowest BCUT2D eigenvalue weighted by molar-refractivity contribution is 0.0778. The molecule has 0 radical (unpaired) electrons. The molecule has 174 valence electrons. The third-order valence-corrected chi connectivity index (χ3v) is 6.02. The van der Waals surface area contributed by atoms with Crippen molar-refractivity contribution in [3.63, 3.8) is 0 Å². The monoisotopic (exact) mass is 475 g/mol. The predicted octanol–water partition coefficient (Wildman–Crippen LogP) is 4.87. The number of thiophene rings is 1. The zero-order valence-corrected chi connectivity index (χ0v) is 19.0. The average molecular weight is 476 g/mol. The molecule has 0 aliphatic heterocycles. The van der Waals surface area contributed by atoms with E-state index in [4.69, 9.17) is 10.8 Å². The number of anilines is 2. The van der Waals surface area contributed by atoms with Crippen LogP contribution < -0.4 is 11.1 Å². The summed E-state index contributed by atoms with van der Waals surface area (Å²) in [5.41, 5.74) is 5.20. The lowest BCUT2D eigenvalue weighted by atomic mass is 9.96. The predicted molar refractivity (Wildman–Crippen MR) is 123 cm³/mol. The topological polar surface area (TPSA) is 116 Å². The maximum Gasteiger partial charge on any atom is 0.407 e. The molecule has 3 aromatic rings. The van der Waals surface area contributed by atoms with Gasteiger partial charge in [0.25, 0.3) is 5.91 Å². The summed E-state index contributed by atoms with van der Waals surface area (Å²) < 4.78 is 29.5. The Morgan fingerprint density at radius 1 is 1.12 bits per heavy atom. The maximum atomic E-state index is 14.8. The van der Waals surface area contributed by atoms with Gasteiger partial charge in [0.15, 0.2) is 0 Å². The van der Waals surface area contributed by atoms with Gasteiger partial charge in [-0.1, -0.05) is 12.1 Å². The van der Waals surface area contributed by atoms with Gasteiger partial charge in [-0.2, -0.15) is 0 Å². The van der Waals surface area contributed by atoms with Gasteiger partial charge in [-0.3, -0.25) is 4.79 Å². The molecular weight excluding hydrogens is 452 g/mol. The molecule has 3 rings (SSSR count). The molecule has 1 heterocycles. The number of rotatable bonds is 7. The molecule has 2 amide bonds. The van der Waals surface area contributed by atoms with Gasteiger partial charge in [0.05, 0.1) is 16.7 Å². The Kier molecular flexibility index (Phi) is 6.71. The van der Waals surface area contributed by atoms with E-state index in [9.17, 15) is 23.5 Å². The lowest BCUT2D eigenvalue weighted by Gasteiger charge is -2.18. The summed E-state index contributed by atoms with van der Waals surface area (Å²) >= 11 is 0.956. The number of hydrogen-bond donors (Lipinski definition) is 4. The van der Waals surface area contributed by atoms with Crippen molar-refractivity contribution in [2.24, 2.45) is 5.73 Å². The SMILES string of the molecule is CN(Cc1ccc(Nc2sc(-c3c(F)cc(C(C)(C)O)cc3F)cc2C(N)=O)cc1)C(=O)O. The molecular formula is C23H23F2N3O4S. The Morgan fingerprint density at radius 3 is 2.18 bits per heavy atom. The number of nitrogens with one attached hydrogen (secondary N) is 1. The number of carboxylic acid groups (broad SMARTS) is 1. The normalized spacial score (nSPS) is 11.3. The highest BCUT2D eigenvalue weighted by molar-refractivity contribution is 7.20. The van der Waals surface area contributed by atoms with Crippen LogP contribution in [0.15, 0.2) is 42.5 Å². The minimum atomic E-state index is -1.42. The van der Waals surface area contributed by atoms with E-state index in [1.165, 1.54) is 27.0 Å². The molecule has 0 unspecified atom stereocenters. The average Bonchev–Trinajstić information content (AvgIpc) is 3.11. The maximum absolute atomic E-state index is 14.8. The highest BCUT2D eigenvalue weighted by Gasteiger charge is 2.24. The zero-order chi connectivity index (χ0) is 24.5. The Labute approximate surface area is 193 Å². The third-order valence-electron chi connectivity index (χ3n) is 4.95. The lowest BCUT2D eigenvalue weighted by Crippen LogP contribution is -2.23. The molecule has 0 spiro atoms. The Morgan fingerprint density at radius 2 is 1.70 bits per heavy atom. The van der Waals surface area contributed by atoms with Crippen molar-refractivity contribution in [2.45, 2.75) is 26.0 Å². The number of carbonyl (C=O) groups is 2. The van der Waals surface area contributed by atoms with Crippen LogP contribution in [-0.2, 0) is 12.1 Å². The van der Waals surface area contributed by atoms with Crippen LogP contribution >= 0.6 is 11.3 Å². The number of aliphatic hydroxyl groups is 1. The van der Waals surface area contributed by atoms with E-state index in [0.29, 0.717) is 10.7 Å². The van der Waals surface area contributed by atoms with Crippen molar-refractivity contribution >= 4 is 34.0 Å². The van der Waals surface area contributed by atoms with Crippen LogP contribution in [-0.4, -0.2) is 34.2 Å². The number of benzene rings is 2. The van der Waals surface area contributed by atoms with Gasteiger partial charge in [-0.25, -0.2) is 13.6 Å². The van der Waals surface area contributed by atoms with Crippen molar-refractivity contribution in [3.8, 4) is 10.4 Å². The molecule has 0 fully saturated rings. The minimum absolute atomic E-state index is 0.0649. The molecule has 1 aromatic heterocycles. The molecule has 0 saturated carbocycles. The Bertz CT molecular complexity index is 1180. The van der Waals surface area contributed by atoms with E-state index in [2.05, 4.69) is 5.32 Å². The first-order valence-corrected chi connectivity index (χ1v) is 10.6. The number of nitrogens with zero attached hydrogens (tertiary/aromatic N) is 1. The van der Waals surface area contributed by atoms with Crippen LogP contribution in [0.3, 0.4) is 0 Å². The van der Waals surface area contributed by atoms with Crippen molar-refractivity contribution in [1.29, 1.82) is 0 Å². The molecule has 5 N–H and O–H groups in total. The van der Waals surface area contributed by atoms with Gasteiger partial charge in [-0.15, -0.1) is 11.3 Å². The Hall–Kier alpha value is -3.50. The number of primary amides is 1. The van der Waals surface area contributed by atoms with Crippen LogP contribution in [0.2, 0.25) is 0 Å². The summed E-state index contributed by atoms with van der Waals surface area (Å²) in [4.78, 5) is 24.2. The van der Waals surface area contributed by atoms with Crippen LogP contribution in [0.1, 0.15) is 35.3 Å². The van der Waals surface area contributed by atoms with E-state index < -0.39 is 29.2 Å². The second-order valence-corrected chi connectivity index (χ2v) is 9.10. The molecule has 2 aromatic carbocycles. The Balaban J connectivity index is 1.93. The van der Waals surface area contributed by atoms with Crippen LogP contribution in [0, 0.1) is 11.6 Å². The number of halogens is 2. The van der Waals surface area contributed by atoms with Crippen molar-refractivity contribution in [1.82, 2.24) is 4.90 Å². The van der Waals surface area contributed by atoms with Crippen molar-refractivity contribution in [3.05, 3.63) is 70.8 Å². The fraction of sp³-hybridized carbons (Fsp3) is 0.217. The third kappa shape index (κ3) is 5.47. The van der Waals surface area contributed by atoms with E-state index >= 15 is 0 Å². The largest absolute Gasteiger partial charge is 0.465 e. The summed E-state index contributed by atoms with van der Waals surface area (Å²) in [5, 5.41) is 22.3. The second kappa shape index (κ2) is 9.16. The van der Waals surface area contributed by atoms with Crippen LogP contribution in [0.5, 0.6) is 0 Å². The zero-order valence-electron chi connectivity index (χ0n) is 18.1. The van der Waals surface area contributed by atoms with Gasteiger partial charge >= 0.3 is 6.09 Å². The number of hydrogen-bond acceptors (Lipinski definition) is 5. The van der Waals surface area contributed by atoms with E-state index in [1.807, 2.05) is 0 Å². The first-order valence-electron chi connectivity index (χ1n) is 9.82. The standard InChI is InChI=1S/C23H23F2N3O4S/c1-23(2,32)13-8-16(24)19(17(25)9-13)18-10-15(20(26)29)21(33-18)27-14-6-4-12(5-7-14)11-28(3)22(30)31/h4-10,27,32H,11H2,1-3H3,(H2,26,29)(H,30,31). The van der Waals surface area contributed by atoms with Gasteiger partial charge in [0, 0.05) is 24.2 Å². The fourth-order valence-corrected chi connectivity index (χ4v) is 4.25. The quantitative estimate of drug-likeness (QED) is 0.389. The van der Waals surface area contributed by atoms with Crippen molar-refractivity contribution < 1.29 is 28.6 Å². The summed E-state index contributed by atoms with van der Waals surface area (Å²) in [5.74, 6) is -2.51. The van der Waals surface area contributed by atoms with Gasteiger partial charge in [0.2, 0.25) is 0 Å². The van der Waals surface area contributed by atoms with E-state index in [0.717, 1.165) is 33.9 Å². The molecule has 0 saturated heterocycles. The van der Waals surface area contributed by atoms with Crippen LogP contribution in [0.25, 0.3) is 10.4 Å². The molecule has 33 heavy (non-hydrogen) atoms. The van der Waals surface area contributed by atoms with Gasteiger partial charge in [0.1, 0.15) is 16.6 Å². The number of amides is 2. The smallest absolute Gasteiger partial charge is 0.407 e. The highest BCUT2D eigenvalue weighted by Crippen LogP contribution is 2.40. The number of nitrogens with two attached hydrogens (primary N) is 1. The highest BCUT2D eigenvalue weighted by atomic mass is 32.1. The summed E-state index contributed by atoms with van der Waals surface area (Å²) in [7, 11) is 1.45.